The number of thioether (sulfide) groups is 1. The fourth-order valence-electron chi connectivity index (χ4n) is 1.32. The highest BCUT2D eigenvalue weighted by Crippen LogP contribution is 2.17. The molecule has 1 unspecified atom stereocenters. The Morgan fingerprint density at radius 2 is 2.14 bits per heavy atom. The van der Waals surface area contributed by atoms with Gasteiger partial charge in [0, 0.05) is 11.1 Å². The van der Waals surface area contributed by atoms with Crippen molar-refractivity contribution in [3.63, 3.8) is 0 Å². The average Bonchev–Trinajstić information content (AvgIpc) is 2.18. The van der Waals surface area contributed by atoms with Crippen LogP contribution in [0.15, 0.2) is 24.3 Å². The van der Waals surface area contributed by atoms with E-state index < -0.39 is 0 Å². The van der Waals surface area contributed by atoms with Gasteiger partial charge in [-0.05, 0) is 36.5 Å². The molecule has 2 N–H and O–H groups in total. The molecule has 1 nitrogen and oxygen atoms in total. The van der Waals surface area contributed by atoms with E-state index in [1.54, 1.807) is 0 Å². The van der Waals surface area contributed by atoms with E-state index in [1.165, 1.54) is 0 Å². The quantitative estimate of drug-likeness (QED) is 0.840. The maximum absolute atomic E-state index is 6.04. The Kier molecular flexibility index (Phi) is 5.38. The number of hydrogen-bond donors (Lipinski definition) is 1. The summed E-state index contributed by atoms with van der Waals surface area (Å²) in [5, 5.41) is 0.826. The molecule has 0 amide bonds. The lowest BCUT2D eigenvalue weighted by Gasteiger charge is -2.11. The molecule has 1 aromatic rings. The van der Waals surface area contributed by atoms with Crippen molar-refractivity contribution in [1.29, 1.82) is 0 Å². The van der Waals surface area contributed by atoms with Crippen molar-refractivity contribution in [2.75, 3.05) is 12.0 Å². The molecule has 0 saturated heterocycles. The van der Waals surface area contributed by atoms with E-state index in [4.69, 9.17) is 17.3 Å². The average molecular weight is 230 g/mol. The summed E-state index contributed by atoms with van der Waals surface area (Å²) in [6.07, 6.45) is 4.02. The molecule has 0 bridgehead atoms. The Bertz CT molecular complexity index is 278. The molecule has 3 heteroatoms. The van der Waals surface area contributed by atoms with Crippen LogP contribution in [0.4, 0.5) is 0 Å². The molecule has 78 valence electrons. The molecular formula is C11H16ClNS. The zero-order valence-corrected chi connectivity index (χ0v) is 9.94. The summed E-state index contributed by atoms with van der Waals surface area (Å²) in [6.45, 7) is 0. The van der Waals surface area contributed by atoms with Crippen molar-refractivity contribution in [3.05, 3.63) is 34.9 Å². The molecule has 0 aliphatic rings. The minimum Gasteiger partial charge on any atom is -0.327 e. The van der Waals surface area contributed by atoms with Crippen molar-refractivity contribution in [2.24, 2.45) is 5.73 Å². The molecule has 0 heterocycles. The van der Waals surface area contributed by atoms with Crippen LogP contribution in [0.1, 0.15) is 12.0 Å². The zero-order valence-electron chi connectivity index (χ0n) is 8.37. The Labute approximate surface area is 95.0 Å². The van der Waals surface area contributed by atoms with Crippen molar-refractivity contribution in [1.82, 2.24) is 0 Å². The molecule has 0 aromatic heterocycles. The van der Waals surface area contributed by atoms with Gasteiger partial charge in [-0.25, -0.2) is 0 Å². The predicted molar refractivity (Wildman–Crippen MR) is 66.1 cm³/mol. The van der Waals surface area contributed by atoms with Gasteiger partial charge in [-0.2, -0.15) is 11.8 Å². The molecule has 0 radical (unpaired) electrons. The number of benzene rings is 1. The maximum Gasteiger partial charge on any atom is 0.0438 e. The van der Waals surface area contributed by atoms with E-state index in [-0.39, 0.29) is 6.04 Å². The van der Waals surface area contributed by atoms with Crippen LogP contribution < -0.4 is 5.73 Å². The first kappa shape index (κ1) is 11.9. The largest absolute Gasteiger partial charge is 0.327 e. The minimum atomic E-state index is 0.224. The van der Waals surface area contributed by atoms with Gasteiger partial charge in [-0.15, -0.1) is 0 Å². The summed E-state index contributed by atoms with van der Waals surface area (Å²) in [5.41, 5.74) is 7.14. The van der Waals surface area contributed by atoms with Gasteiger partial charge in [0.15, 0.2) is 0 Å². The van der Waals surface area contributed by atoms with Crippen LogP contribution in [-0.4, -0.2) is 18.1 Å². The normalized spacial score (nSPS) is 12.8. The lowest BCUT2D eigenvalue weighted by atomic mass is 10.1. The molecule has 14 heavy (non-hydrogen) atoms. The van der Waals surface area contributed by atoms with Gasteiger partial charge in [0.1, 0.15) is 0 Å². The van der Waals surface area contributed by atoms with E-state index in [9.17, 15) is 0 Å². The van der Waals surface area contributed by atoms with E-state index in [1.807, 2.05) is 36.0 Å². The second-order valence-electron chi connectivity index (χ2n) is 3.34. The van der Waals surface area contributed by atoms with Crippen molar-refractivity contribution < 1.29 is 0 Å². The van der Waals surface area contributed by atoms with Crippen molar-refractivity contribution in [2.45, 2.75) is 18.9 Å². The number of rotatable bonds is 5. The first-order valence-corrected chi connectivity index (χ1v) is 6.49. The molecule has 1 rings (SSSR count). The van der Waals surface area contributed by atoms with Crippen LogP contribution in [0.5, 0.6) is 0 Å². The Hall–Kier alpha value is -0.180. The summed E-state index contributed by atoms with van der Waals surface area (Å²) in [5.74, 6) is 1.12. The third-order valence-corrected chi connectivity index (χ3v) is 3.15. The Morgan fingerprint density at radius 1 is 1.43 bits per heavy atom. The summed E-state index contributed by atoms with van der Waals surface area (Å²) >= 11 is 7.87. The molecule has 0 fully saturated rings. The predicted octanol–water partition coefficient (Wildman–Crippen LogP) is 2.96. The monoisotopic (exact) mass is 229 g/mol. The third-order valence-electron chi connectivity index (χ3n) is 2.13. The van der Waals surface area contributed by atoms with Gasteiger partial charge in [0.05, 0.1) is 0 Å². The van der Waals surface area contributed by atoms with Crippen LogP contribution in [0, 0.1) is 0 Å². The molecule has 1 atom stereocenters. The maximum atomic E-state index is 6.04. The summed E-state index contributed by atoms with van der Waals surface area (Å²) in [6, 6.07) is 8.13. The Balaban J connectivity index is 2.47. The zero-order chi connectivity index (χ0) is 10.4. The van der Waals surface area contributed by atoms with Crippen LogP contribution in [0.2, 0.25) is 5.02 Å². The topological polar surface area (TPSA) is 26.0 Å². The number of hydrogen-bond acceptors (Lipinski definition) is 2. The summed E-state index contributed by atoms with van der Waals surface area (Å²) in [7, 11) is 0. The number of halogens is 1. The molecule has 0 aliphatic carbocycles. The van der Waals surface area contributed by atoms with Gasteiger partial charge in [-0.1, -0.05) is 29.8 Å². The SMILES string of the molecule is CSCCC(N)Cc1ccccc1Cl. The van der Waals surface area contributed by atoms with Crippen LogP contribution in [-0.2, 0) is 6.42 Å². The van der Waals surface area contributed by atoms with Gasteiger partial charge >= 0.3 is 0 Å². The van der Waals surface area contributed by atoms with Crippen molar-refractivity contribution in [3.8, 4) is 0 Å². The van der Waals surface area contributed by atoms with Crippen molar-refractivity contribution >= 4 is 23.4 Å². The van der Waals surface area contributed by atoms with Gasteiger partial charge in [-0.3, -0.25) is 0 Å². The highest BCUT2D eigenvalue weighted by Gasteiger charge is 2.05. The van der Waals surface area contributed by atoms with Crippen LogP contribution >= 0.6 is 23.4 Å². The first-order chi connectivity index (χ1) is 6.74. The lowest BCUT2D eigenvalue weighted by Crippen LogP contribution is -2.23. The van der Waals surface area contributed by atoms with E-state index in [0.717, 1.165) is 29.2 Å². The minimum absolute atomic E-state index is 0.224. The Morgan fingerprint density at radius 3 is 2.79 bits per heavy atom. The second-order valence-corrected chi connectivity index (χ2v) is 4.73. The molecule has 0 spiro atoms. The first-order valence-electron chi connectivity index (χ1n) is 4.72. The van der Waals surface area contributed by atoms with Crippen LogP contribution in [0.3, 0.4) is 0 Å². The van der Waals surface area contributed by atoms with Gasteiger partial charge < -0.3 is 5.73 Å². The smallest absolute Gasteiger partial charge is 0.0438 e. The molecular weight excluding hydrogens is 214 g/mol. The highest BCUT2D eigenvalue weighted by molar-refractivity contribution is 7.98. The van der Waals surface area contributed by atoms with Crippen LogP contribution in [0.25, 0.3) is 0 Å². The molecule has 0 saturated carbocycles. The third kappa shape index (κ3) is 3.91. The standard InChI is InChI=1S/C11H16ClNS/c1-14-7-6-10(13)8-9-4-2-3-5-11(9)12/h2-5,10H,6-8,13H2,1H3. The van der Waals surface area contributed by atoms with E-state index >= 15 is 0 Å². The second kappa shape index (κ2) is 6.33. The lowest BCUT2D eigenvalue weighted by molar-refractivity contribution is 0.652. The summed E-state index contributed by atoms with van der Waals surface area (Å²) < 4.78 is 0. The number of nitrogens with two attached hydrogens (primary N) is 1. The fraction of sp³-hybridized carbons (Fsp3) is 0.455. The molecule has 0 aliphatic heterocycles. The van der Waals surface area contributed by atoms with Gasteiger partial charge in [0.2, 0.25) is 0 Å². The van der Waals surface area contributed by atoms with E-state index in [0.29, 0.717) is 0 Å². The fourth-order valence-corrected chi connectivity index (χ4v) is 2.07. The highest BCUT2D eigenvalue weighted by atomic mass is 35.5. The van der Waals surface area contributed by atoms with Gasteiger partial charge in [0.25, 0.3) is 0 Å². The van der Waals surface area contributed by atoms with E-state index in [2.05, 4.69) is 6.26 Å². The molecule has 1 aromatic carbocycles. The summed E-state index contributed by atoms with van der Waals surface area (Å²) in [4.78, 5) is 0.